The van der Waals surface area contributed by atoms with Gasteiger partial charge >= 0.3 is 0 Å². The Hall–Kier alpha value is -2.82. The summed E-state index contributed by atoms with van der Waals surface area (Å²) in [4.78, 5) is 4.35. The molecule has 2 aromatic heterocycles. The molecule has 1 aromatic carbocycles. The summed E-state index contributed by atoms with van der Waals surface area (Å²) in [5.74, 6) is 0.601. The Labute approximate surface area is 116 Å². The number of nitrogens with two attached hydrogens (primary N) is 1. The monoisotopic (exact) mass is 266 g/mol. The molecule has 0 aliphatic heterocycles. The van der Waals surface area contributed by atoms with Gasteiger partial charge in [0.25, 0.3) is 0 Å². The van der Waals surface area contributed by atoms with Gasteiger partial charge in [-0.3, -0.25) is 10.1 Å². The molecule has 0 fully saturated rings. The van der Waals surface area contributed by atoms with Gasteiger partial charge < -0.3 is 10.5 Å². The maximum absolute atomic E-state index is 5.90. The minimum atomic E-state index is 0.580. The van der Waals surface area contributed by atoms with Gasteiger partial charge in [0.1, 0.15) is 5.69 Å². The zero-order chi connectivity index (χ0) is 13.9. The van der Waals surface area contributed by atoms with Crippen LogP contribution in [0.15, 0.2) is 48.9 Å². The molecule has 0 bridgehead atoms. The largest absolute Gasteiger partial charge is 0.492 e. The molecule has 2 heterocycles. The number of methoxy groups -OCH3 is 1. The van der Waals surface area contributed by atoms with E-state index in [9.17, 15) is 0 Å². The van der Waals surface area contributed by atoms with Crippen LogP contribution in [0.1, 0.15) is 0 Å². The summed E-state index contributed by atoms with van der Waals surface area (Å²) in [6, 6.07) is 9.75. The molecule has 20 heavy (non-hydrogen) atoms. The molecule has 100 valence electrons. The molecule has 0 aliphatic rings. The van der Waals surface area contributed by atoms with Crippen molar-refractivity contribution < 1.29 is 4.74 Å². The summed E-state index contributed by atoms with van der Waals surface area (Å²) in [6.07, 6.45) is 5.32. The Bertz CT molecular complexity index is 705. The molecule has 0 spiro atoms. The molecule has 5 nitrogen and oxygen atoms in total. The maximum Gasteiger partial charge on any atom is 0.167 e. The predicted octanol–water partition coefficient (Wildman–Crippen LogP) is 2.73. The highest BCUT2D eigenvalue weighted by Crippen LogP contribution is 2.33. The highest BCUT2D eigenvalue weighted by atomic mass is 16.5. The van der Waals surface area contributed by atoms with Gasteiger partial charge in [0.2, 0.25) is 0 Å². The Morgan fingerprint density at radius 1 is 1.05 bits per heavy atom. The summed E-state index contributed by atoms with van der Waals surface area (Å²) >= 11 is 0. The van der Waals surface area contributed by atoms with Crippen molar-refractivity contribution in [3.63, 3.8) is 0 Å². The first kappa shape index (κ1) is 12.2. The van der Waals surface area contributed by atoms with Crippen molar-refractivity contribution in [2.24, 2.45) is 0 Å². The van der Waals surface area contributed by atoms with Crippen molar-refractivity contribution in [2.45, 2.75) is 0 Å². The molecule has 3 rings (SSSR count). The average molecular weight is 266 g/mol. The van der Waals surface area contributed by atoms with Crippen LogP contribution >= 0.6 is 0 Å². The second-order valence-electron chi connectivity index (χ2n) is 4.35. The van der Waals surface area contributed by atoms with Crippen LogP contribution in [0.2, 0.25) is 0 Å². The van der Waals surface area contributed by atoms with Gasteiger partial charge in [0.05, 0.1) is 19.0 Å². The van der Waals surface area contributed by atoms with Crippen LogP contribution in [0.4, 0.5) is 5.69 Å². The number of pyridine rings is 1. The number of H-pyrrole nitrogens is 1. The number of anilines is 1. The summed E-state index contributed by atoms with van der Waals surface area (Å²) in [6.45, 7) is 0. The highest BCUT2D eigenvalue weighted by Gasteiger charge is 2.10. The lowest BCUT2D eigenvalue weighted by Gasteiger charge is -2.10. The molecule has 0 atom stereocenters. The predicted molar refractivity (Wildman–Crippen MR) is 78.2 cm³/mol. The molecule has 5 heteroatoms. The van der Waals surface area contributed by atoms with E-state index in [-0.39, 0.29) is 0 Å². The standard InChI is InChI=1S/C15H14N4O/c1-20-15-13(16)6-7-17-14(15)11-4-2-10(3-5-11)12-8-18-19-9-12/h2-9H,1H3,(H2,16,17)(H,18,19). The van der Waals surface area contributed by atoms with Gasteiger partial charge in [-0.15, -0.1) is 0 Å². The number of hydrogen-bond donors (Lipinski definition) is 2. The fourth-order valence-electron chi connectivity index (χ4n) is 2.11. The third-order valence-electron chi connectivity index (χ3n) is 3.13. The number of ether oxygens (including phenoxy) is 1. The molecule has 0 unspecified atom stereocenters. The van der Waals surface area contributed by atoms with E-state index in [1.165, 1.54) is 0 Å². The second-order valence-corrected chi connectivity index (χ2v) is 4.35. The highest BCUT2D eigenvalue weighted by molar-refractivity contribution is 5.75. The molecule has 0 amide bonds. The molecule has 0 radical (unpaired) electrons. The number of nitrogens with one attached hydrogen (secondary N) is 1. The lowest BCUT2D eigenvalue weighted by Crippen LogP contribution is -1.96. The topological polar surface area (TPSA) is 76.8 Å². The van der Waals surface area contributed by atoms with Crippen LogP contribution in [-0.4, -0.2) is 22.3 Å². The molecule has 3 N–H and O–H groups in total. The number of nitrogen functional groups attached to an aromatic ring is 1. The second kappa shape index (κ2) is 5.05. The SMILES string of the molecule is COc1c(N)ccnc1-c1ccc(-c2cn[nH]c2)cc1. The molecular formula is C15H14N4O. The van der Waals surface area contributed by atoms with Crippen molar-refractivity contribution >= 4 is 5.69 Å². The average Bonchev–Trinajstić information content (AvgIpc) is 3.01. The molecule has 0 aliphatic carbocycles. The Balaban J connectivity index is 2.02. The van der Waals surface area contributed by atoms with E-state index in [2.05, 4.69) is 15.2 Å². The first-order chi connectivity index (χ1) is 9.79. The fraction of sp³-hybridized carbons (Fsp3) is 0.0667. The van der Waals surface area contributed by atoms with Gasteiger partial charge in [-0.1, -0.05) is 24.3 Å². The van der Waals surface area contributed by atoms with E-state index in [0.717, 1.165) is 22.4 Å². The summed E-state index contributed by atoms with van der Waals surface area (Å²) in [5, 5.41) is 6.75. The van der Waals surface area contributed by atoms with Crippen LogP contribution in [0.3, 0.4) is 0 Å². The number of nitrogens with zero attached hydrogens (tertiary/aromatic N) is 2. The summed E-state index contributed by atoms with van der Waals surface area (Å²) in [7, 11) is 1.59. The minimum Gasteiger partial charge on any atom is -0.492 e. The smallest absolute Gasteiger partial charge is 0.167 e. The first-order valence-corrected chi connectivity index (χ1v) is 6.17. The van der Waals surface area contributed by atoms with Gasteiger partial charge in [0, 0.05) is 23.5 Å². The number of rotatable bonds is 3. The first-order valence-electron chi connectivity index (χ1n) is 6.17. The Morgan fingerprint density at radius 3 is 2.45 bits per heavy atom. The molecule has 0 saturated heterocycles. The van der Waals surface area contributed by atoms with Crippen LogP contribution in [0, 0.1) is 0 Å². The van der Waals surface area contributed by atoms with Crippen molar-refractivity contribution in [1.82, 2.24) is 15.2 Å². The van der Waals surface area contributed by atoms with Crippen LogP contribution < -0.4 is 10.5 Å². The van der Waals surface area contributed by atoms with E-state index in [1.54, 1.807) is 25.6 Å². The number of hydrogen-bond acceptors (Lipinski definition) is 4. The van der Waals surface area contributed by atoms with Gasteiger partial charge in [0.15, 0.2) is 5.75 Å². The summed E-state index contributed by atoms with van der Waals surface area (Å²) < 4.78 is 5.33. The van der Waals surface area contributed by atoms with Crippen LogP contribution in [0.5, 0.6) is 5.75 Å². The Morgan fingerprint density at radius 2 is 1.80 bits per heavy atom. The van der Waals surface area contributed by atoms with E-state index >= 15 is 0 Å². The lowest BCUT2D eigenvalue weighted by atomic mass is 10.0. The summed E-state index contributed by atoms with van der Waals surface area (Å²) in [5.41, 5.74) is 10.3. The van der Waals surface area contributed by atoms with Crippen molar-refractivity contribution in [1.29, 1.82) is 0 Å². The molecular weight excluding hydrogens is 252 g/mol. The lowest BCUT2D eigenvalue weighted by molar-refractivity contribution is 0.417. The molecule has 3 aromatic rings. The normalized spacial score (nSPS) is 10.4. The van der Waals surface area contributed by atoms with Gasteiger partial charge in [-0.2, -0.15) is 5.10 Å². The number of benzene rings is 1. The van der Waals surface area contributed by atoms with E-state index in [0.29, 0.717) is 11.4 Å². The third kappa shape index (κ3) is 2.09. The maximum atomic E-state index is 5.90. The van der Waals surface area contributed by atoms with Crippen molar-refractivity contribution in [3.8, 4) is 28.1 Å². The van der Waals surface area contributed by atoms with Crippen molar-refractivity contribution in [2.75, 3.05) is 12.8 Å². The van der Waals surface area contributed by atoms with Crippen molar-refractivity contribution in [3.05, 3.63) is 48.9 Å². The fourth-order valence-corrected chi connectivity index (χ4v) is 2.11. The van der Waals surface area contributed by atoms with E-state index in [4.69, 9.17) is 10.5 Å². The quantitative estimate of drug-likeness (QED) is 0.764. The third-order valence-corrected chi connectivity index (χ3v) is 3.13. The minimum absolute atomic E-state index is 0.580. The Kier molecular flexibility index (Phi) is 3.09. The van der Waals surface area contributed by atoms with Crippen LogP contribution in [-0.2, 0) is 0 Å². The molecule has 0 saturated carbocycles. The van der Waals surface area contributed by atoms with Crippen LogP contribution in [0.25, 0.3) is 22.4 Å². The van der Waals surface area contributed by atoms with E-state index in [1.807, 2.05) is 30.5 Å². The number of aromatic nitrogens is 3. The zero-order valence-electron chi connectivity index (χ0n) is 11.0. The van der Waals surface area contributed by atoms with Gasteiger partial charge in [-0.25, -0.2) is 0 Å². The zero-order valence-corrected chi connectivity index (χ0v) is 11.0. The van der Waals surface area contributed by atoms with Gasteiger partial charge in [-0.05, 0) is 11.6 Å². The van der Waals surface area contributed by atoms with E-state index < -0.39 is 0 Å². The number of aromatic amines is 1.